The first-order valence-corrected chi connectivity index (χ1v) is 7.81. The Morgan fingerprint density at radius 3 is 2.50 bits per heavy atom. The van der Waals surface area contributed by atoms with Crippen molar-refractivity contribution in [3.05, 3.63) is 69.8 Å². The molecule has 126 valence electrons. The molecule has 2 N–H and O–H groups in total. The largest absolute Gasteiger partial charge is 0.381 e. The summed E-state index contributed by atoms with van der Waals surface area (Å²) in [5.74, 6) is 0.306. The number of rotatable bonds is 7. The fraction of sp³-hybridized carbons (Fsp3) is 0.278. The van der Waals surface area contributed by atoms with Gasteiger partial charge in [-0.3, -0.25) is 14.9 Å². The van der Waals surface area contributed by atoms with Gasteiger partial charge in [0, 0.05) is 36.5 Å². The van der Waals surface area contributed by atoms with E-state index in [0.717, 1.165) is 11.3 Å². The predicted molar refractivity (Wildman–Crippen MR) is 94.0 cm³/mol. The average Bonchev–Trinajstić information content (AvgIpc) is 2.58. The number of nitro groups is 1. The molecule has 0 bridgehead atoms. The van der Waals surface area contributed by atoms with E-state index in [0.29, 0.717) is 24.6 Å². The van der Waals surface area contributed by atoms with Gasteiger partial charge in [0.1, 0.15) is 0 Å². The summed E-state index contributed by atoms with van der Waals surface area (Å²) in [7, 11) is 0. The van der Waals surface area contributed by atoms with Crippen LogP contribution in [0.5, 0.6) is 0 Å². The molecule has 6 nitrogen and oxygen atoms in total. The maximum absolute atomic E-state index is 12.1. The number of carbonyl (C=O) groups is 1. The fourth-order valence-corrected chi connectivity index (χ4v) is 2.11. The monoisotopic (exact) mass is 327 g/mol. The van der Waals surface area contributed by atoms with Crippen molar-refractivity contribution in [2.75, 3.05) is 11.9 Å². The van der Waals surface area contributed by atoms with Gasteiger partial charge in [-0.1, -0.05) is 32.0 Å². The van der Waals surface area contributed by atoms with Crippen molar-refractivity contribution in [3.63, 3.8) is 0 Å². The minimum absolute atomic E-state index is 0.0718. The molecule has 0 saturated heterocycles. The van der Waals surface area contributed by atoms with E-state index in [4.69, 9.17) is 0 Å². The number of amides is 1. The Balaban J connectivity index is 1.96. The Morgan fingerprint density at radius 1 is 1.17 bits per heavy atom. The molecule has 0 atom stereocenters. The Bertz CT molecular complexity index is 712. The molecule has 0 aliphatic carbocycles. The molecule has 1 amide bonds. The van der Waals surface area contributed by atoms with E-state index in [2.05, 4.69) is 10.6 Å². The predicted octanol–water partition coefficient (Wildman–Crippen LogP) is 3.59. The molecule has 0 radical (unpaired) electrons. The first-order valence-electron chi connectivity index (χ1n) is 7.81. The molecule has 0 heterocycles. The number of non-ortho nitro benzene ring substituents is 1. The van der Waals surface area contributed by atoms with Crippen molar-refractivity contribution in [2.45, 2.75) is 20.4 Å². The number of nitrogens with one attached hydrogen (secondary N) is 2. The number of hydrogen-bond acceptors (Lipinski definition) is 4. The molecule has 0 unspecified atom stereocenters. The van der Waals surface area contributed by atoms with Crippen LogP contribution in [-0.2, 0) is 6.54 Å². The standard InChI is InChI=1S/C18H21N3O3/c1-13(2)11-20-18(22)15-4-3-5-16(10-15)19-12-14-6-8-17(9-7-14)21(23)24/h3-10,13,19H,11-12H2,1-2H3,(H,20,22). The van der Waals surface area contributed by atoms with Gasteiger partial charge in [0.2, 0.25) is 0 Å². The molecule has 6 heteroatoms. The molecule has 0 aromatic heterocycles. The van der Waals surface area contributed by atoms with E-state index in [1.165, 1.54) is 12.1 Å². The lowest BCUT2D eigenvalue weighted by molar-refractivity contribution is -0.384. The second kappa shape index (κ2) is 8.10. The summed E-state index contributed by atoms with van der Waals surface area (Å²) in [5, 5.41) is 16.7. The first-order chi connectivity index (χ1) is 11.5. The number of nitrogens with zero attached hydrogens (tertiary/aromatic N) is 1. The van der Waals surface area contributed by atoms with Gasteiger partial charge in [-0.05, 0) is 29.7 Å². The Labute approximate surface area is 141 Å². The second-order valence-corrected chi connectivity index (χ2v) is 5.96. The average molecular weight is 327 g/mol. The summed E-state index contributed by atoms with van der Waals surface area (Å²) in [4.78, 5) is 22.3. The number of hydrogen-bond donors (Lipinski definition) is 2. The lowest BCUT2D eigenvalue weighted by atomic mass is 10.1. The Kier molecular flexibility index (Phi) is 5.89. The van der Waals surface area contributed by atoms with Crippen molar-refractivity contribution in [1.29, 1.82) is 0 Å². The van der Waals surface area contributed by atoms with E-state index in [9.17, 15) is 14.9 Å². The summed E-state index contributed by atoms with van der Waals surface area (Å²) in [6, 6.07) is 13.6. The summed E-state index contributed by atoms with van der Waals surface area (Å²) in [6.45, 7) is 5.25. The van der Waals surface area contributed by atoms with Gasteiger partial charge < -0.3 is 10.6 Å². The number of benzene rings is 2. The first kappa shape index (κ1) is 17.5. The quantitative estimate of drug-likeness (QED) is 0.601. The van der Waals surface area contributed by atoms with E-state index in [1.807, 2.05) is 26.0 Å². The summed E-state index contributed by atoms with van der Waals surface area (Å²) < 4.78 is 0. The third kappa shape index (κ3) is 5.08. The zero-order chi connectivity index (χ0) is 17.5. The number of nitro benzene ring substituents is 1. The van der Waals surface area contributed by atoms with Crippen molar-refractivity contribution in [2.24, 2.45) is 5.92 Å². The second-order valence-electron chi connectivity index (χ2n) is 5.96. The SMILES string of the molecule is CC(C)CNC(=O)c1cccc(NCc2ccc([N+](=O)[O-])cc2)c1. The van der Waals surface area contributed by atoms with E-state index in [-0.39, 0.29) is 11.6 Å². The van der Waals surface area contributed by atoms with Crippen LogP contribution < -0.4 is 10.6 Å². The van der Waals surface area contributed by atoms with Gasteiger partial charge in [0.25, 0.3) is 11.6 Å². The topological polar surface area (TPSA) is 84.3 Å². The molecular formula is C18H21N3O3. The van der Waals surface area contributed by atoms with E-state index < -0.39 is 4.92 Å². The van der Waals surface area contributed by atoms with Crippen LogP contribution in [0.3, 0.4) is 0 Å². The molecule has 0 aliphatic heterocycles. The van der Waals surface area contributed by atoms with Crippen LogP contribution in [0.25, 0.3) is 0 Å². The lowest BCUT2D eigenvalue weighted by Gasteiger charge is -2.10. The van der Waals surface area contributed by atoms with Crippen LogP contribution in [-0.4, -0.2) is 17.4 Å². The molecule has 0 aliphatic rings. The van der Waals surface area contributed by atoms with Gasteiger partial charge in [0.15, 0.2) is 0 Å². The van der Waals surface area contributed by atoms with Crippen LogP contribution in [0.1, 0.15) is 29.8 Å². The van der Waals surface area contributed by atoms with Crippen LogP contribution in [0.4, 0.5) is 11.4 Å². The molecule has 24 heavy (non-hydrogen) atoms. The molecule has 0 spiro atoms. The fourth-order valence-electron chi connectivity index (χ4n) is 2.11. The van der Waals surface area contributed by atoms with Crippen molar-refractivity contribution >= 4 is 17.3 Å². The smallest absolute Gasteiger partial charge is 0.269 e. The molecular weight excluding hydrogens is 306 g/mol. The highest BCUT2D eigenvalue weighted by atomic mass is 16.6. The van der Waals surface area contributed by atoms with Crippen LogP contribution in [0, 0.1) is 16.0 Å². The van der Waals surface area contributed by atoms with E-state index >= 15 is 0 Å². The van der Waals surface area contributed by atoms with Crippen molar-refractivity contribution < 1.29 is 9.72 Å². The molecule has 2 aromatic carbocycles. The van der Waals surface area contributed by atoms with Gasteiger partial charge in [-0.25, -0.2) is 0 Å². The van der Waals surface area contributed by atoms with Crippen LogP contribution >= 0.6 is 0 Å². The Morgan fingerprint density at radius 2 is 1.88 bits per heavy atom. The highest BCUT2D eigenvalue weighted by molar-refractivity contribution is 5.95. The van der Waals surface area contributed by atoms with Gasteiger partial charge >= 0.3 is 0 Å². The maximum Gasteiger partial charge on any atom is 0.269 e. The summed E-state index contributed by atoms with van der Waals surface area (Å²) in [5.41, 5.74) is 2.42. The minimum atomic E-state index is -0.420. The third-order valence-electron chi connectivity index (χ3n) is 3.44. The maximum atomic E-state index is 12.1. The van der Waals surface area contributed by atoms with Crippen molar-refractivity contribution in [3.8, 4) is 0 Å². The van der Waals surface area contributed by atoms with Crippen LogP contribution in [0.2, 0.25) is 0 Å². The lowest BCUT2D eigenvalue weighted by Crippen LogP contribution is -2.27. The molecule has 0 fully saturated rings. The van der Waals surface area contributed by atoms with Crippen molar-refractivity contribution in [1.82, 2.24) is 5.32 Å². The van der Waals surface area contributed by atoms with E-state index in [1.54, 1.807) is 24.3 Å². The van der Waals surface area contributed by atoms with Crippen LogP contribution in [0.15, 0.2) is 48.5 Å². The zero-order valence-electron chi connectivity index (χ0n) is 13.8. The summed E-state index contributed by atoms with van der Waals surface area (Å²) >= 11 is 0. The van der Waals surface area contributed by atoms with Gasteiger partial charge in [-0.2, -0.15) is 0 Å². The minimum Gasteiger partial charge on any atom is -0.381 e. The number of carbonyl (C=O) groups excluding carboxylic acids is 1. The normalized spacial score (nSPS) is 10.5. The Hall–Kier alpha value is -2.89. The molecule has 2 aromatic rings. The third-order valence-corrected chi connectivity index (χ3v) is 3.44. The number of anilines is 1. The zero-order valence-corrected chi connectivity index (χ0v) is 13.8. The van der Waals surface area contributed by atoms with Gasteiger partial charge in [-0.15, -0.1) is 0 Å². The van der Waals surface area contributed by atoms with Gasteiger partial charge in [0.05, 0.1) is 4.92 Å². The molecule has 2 rings (SSSR count). The highest BCUT2D eigenvalue weighted by Crippen LogP contribution is 2.15. The summed E-state index contributed by atoms with van der Waals surface area (Å²) in [6.07, 6.45) is 0. The highest BCUT2D eigenvalue weighted by Gasteiger charge is 2.07. The molecule has 0 saturated carbocycles.